The summed E-state index contributed by atoms with van der Waals surface area (Å²) < 4.78 is 16.3. The van der Waals surface area contributed by atoms with Gasteiger partial charge in [0.15, 0.2) is 0 Å². The van der Waals surface area contributed by atoms with E-state index in [9.17, 15) is 9.59 Å². The molecule has 3 unspecified atom stereocenters. The molecule has 8 heteroatoms. The number of hydrazine groups is 1. The third kappa shape index (κ3) is 10.3. The highest BCUT2D eigenvalue weighted by Gasteiger charge is 2.18. The van der Waals surface area contributed by atoms with Crippen molar-refractivity contribution in [1.29, 1.82) is 0 Å². The first-order valence-corrected chi connectivity index (χ1v) is 13.6. The Morgan fingerprint density at radius 3 is 2.62 bits per heavy atom. The number of carbonyl (C=O) groups excluding carboxylic acids is 2. The van der Waals surface area contributed by atoms with Gasteiger partial charge in [0.1, 0.15) is 6.23 Å². The smallest absolute Gasteiger partial charge is 0.328 e. The van der Waals surface area contributed by atoms with Crippen LogP contribution in [-0.2, 0) is 19.0 Å². The van der Waals surface area contributed by atoms with Crippen molar-refractivity contribution in [3.63, 3.8) is 0 Å². The maximum absolute atomic E-state index is 12.9. The summed E-state index contributed by atoms with van der Waals surface area (Å²) in [5, 5.41) is 1.68. The lowest BCUT2D eigenvalue weighted by atomic mass is 9.96. The van der Waals surface area contributed by atoms with E-state index in [1.54, 1.807) is 19.1 Å². The SMILES string of the molecule is C=C(C)N(/C=c1/c(C)c(C(=O)NNC2COCCO2)ccc1=C)CC(CC)C/C(C)=C\C(=O)OC([CH2-])(C)CC. The lowest BCUT2D eigenvalue weighted by molar-refractivity contribution is -0.148. The number of hydrogen-bond acceptors (Lipinski definition) is 7. The summed E-state index contributed by atoms with van der Waals surface area (Å²) in [6.45, 7) is 26.1. The number of carbonyl (C=O) groups is 2. The summed E-state index contributed by atoms with van der Waals surface area (Å²) in [6, 6.07) is 3.61. The van der Waals surface area contributed by atoms with Crippen molar-refractivity contribution < 1.29 is 23.8 Å². The van der Waals surface area contributed by atoms with E-state index in [2.05, 4.69) is 42.8 Å². The van der Waals surface area contributed by atoms with E-state index in [4.69, 9.17) is 14.2 Å². The molecule has 1 fully saturated rings. The predicted molar refractivity (Wildman–Crippen MR) is 155 cm³/mol. The molecular weight excluding hydrogens is 494 g/mol. The monoisotopic (exact) mass is 540 g/mol. The first kappa shape index (κ1) is 32.3. The molecule has 0 spiro atoms. The van der Waals surface area contributed by atoms with Gasteiger partial charge in [-0.3, -0.25) is 10.2 Å². The average molecular weight is 541 g/mol. The number of benzene rings is 1. The molecule has 1 aliphatic heterocycles. The predicted octanol–water partition coefficient (Wildman–Crippen LogP) is 3.49. The van der Waals surface area contributed by atoms with E-state index >= 15 is 0 Å². The van der Waals surface area contributed by atoms with Gasteiger partial charge in [-0.05, 0) is 62.0 Å². The van der Waals surface area contributed by atoms with Crippen molar-refractivity contribution in [2.45, 2.75) is 72.6 Å². The van der Waals surface area contributed by atoms with Gasteiger partial charge in [0, 0.05) is 35.3 Å². The van der Waals surface area contributed by atoms with Gasteiger partial charge in [-0.2, -0.15) is 0 Å². The molecule has 216 valence electrons. The summed E-state index contributed by atoms with van der Waals surface area (Å²) >= 11 is 0. The lowest BCUT2D eigenvalue weighted by Gasteiger charge is -2.30. The molecule has 0 radical (unpaired) electrons. The van der Waals surface area contributed by atoms with Gasteiger partial charge in [0.2, 0.25) is 0 Å². The maximum atomic E-state index is 12.9. The lowest BCUT2D eigenvalue weighted by Crippen LogP contribution is -2.50. The molecule has 1 aliphatic rings. The highest BCUT2D eigenvalue weighted by atomic mass is 16.6. The van der Waals surface area contributed by atoms with Gasteiger partial charge in [0.25, 0.3) is 5.91 Å². The second kappa shape index (κ2) is 15.0. The second-order valence-electron chi connectivity index (χ2n) is 10.6. The topological polar surface area (TPSA) is 89.1 Å². The standard InChI is InChI=1S/C31H46N3O5/c1-10-25(16-22(5)17-29(35)39-31(8,9)11-2)18-34(21(3)4)19-27-23(6)12-13-26(24(27)7)30(36)33-32-28-20-37-14-15-38-28/h12-13,17,19,25,28,32H,3,6,8,10-11,14-16,18,20H2,1-2,4-5,7,9H3,(H,33,36)/q-1/b22-17-,27-19+. The fourth-order valence-electron chi connectivity index (χ4n) is 4.15. The molecule has 8 nitrogen and oxygen atoms in total. The highest BCUT2D eigenvalue weighted by Crippen LogP contribution is 2.20. The molecule has 0 aliphatic carbocycles. The minimum absolute atomic E-state index is 0.265. The first-order valence-electron chi connectivity index (χ1n) is 13.6. The molecule has 0 aromatic heterocycles. The van der Waals surface area contributed by atoms with Crippen LogP contribution in [0.5, 0.6) is 0 Å². The second-order valence-corrected chi connectivity index (χ2v) is 10.6. The van der Waals surface area contributed by atoms with Gasteiger partial charge in [-0.1, -0.05) is 52.0 Å². The summed E-state index contributed by atoms with van der Waals surface area (Å²) in [4.78, 5) is 27.4. The summed E-state index contributed by atoms with van der Waals surface area (Å²) in [5.74, 6) is -0.366. The Hall–Kier alpha value is -2.94. The summed E-state index contributed by atoms with van der Waals surface area (Å²) in [7, 11) is 0. The van der Waals surface area contributed by atoms with Gasteiger partial charge in [-0.15, -0.1) is 0 Å². The third-order valence-electron chi connectivity index (χ3n) is 6.89. The number of rotatable bonds is 13. The molecule has 1 aromatic rings. The Balaban J connectivity index is 2.20. The fourth-order valence-corrected chi connectivity index (χ4v) is 4.15. The molecular formula is C31H46N3O5-. The van der Waals surface area contributed by atoms with Crippen LogP contribution in [0.2, 0.25) is 0 Å². The molecule has 0 bridgehead atoms. The third-order valence-corrected chi connectivity index (χ3v) is 6.89. The average Bonchev–Trinajstić information content (AvgIpc) is 2.88. The van der Waals surface area contributed by atoms with Crippen LogP contribution in [0.1, 0.15) is 69.8 Å². The summed E-state index contributed by atoms with van der Waals surface area (Å²) in [6.07, 6.45) is 5.48. The molecule has 2 N–H and O–H groups in total. The minimum Gasteiger partial charge on any atom is -0.489 e. The van der Waals surface area contributed by atoms with Crippen LogP contribution in [0, 0.1) is 19.8 Å². The van der Waals surface area contributed by atoms with Crippen molar-refractivity contribution in [1.82, 2.24) is 15.8 Å². The molecule has 3 atom stereocenters. The molecule has 1 heterocycles. The van der Waals surface area contributed by atoms with Crippen molar-refractivity contribution in [3.8, 4) is 0 Å². The van der Waals surface area contributed by atoms with Crippen molar-refractivity contribution >= 4 is 24.7 Å². The largest absolute Gasteiger partial charge is 0.489 e. The van der Waals surface area contributed by atoms with Crippen LogP contribution in [0.3, 0.4) is 0 Å². The Bertz CT molecular complexity index is 1150. The van der Waals surface area contributed by atoms with E-state index in [0.29, 0.717) is 38.3 Å². The van der Waals surface area contributed by atoms with E-state index in [-0.39, 0.29) is 24.0 Å². The van der Waals surface area contributed by atoms with E-state index in [0.717, 1.165) is 40.1 Å². The number of allylic oxidation sites excluding steroid dienone is 2. The highest BCUT2D eigenvalue weighted by molar-refractivity contribution is 5.95. The summed E-state index contributed by atoms with van der Waals surface area (Å²) in [5.41, 5.74) is 8.04. The van der Waals surface area contributed by atoms with Gasteiger partial charge < -0.3 is 26.0 Å². The molecule has 1 aromatic carbocycles. The van der Waals surface area contributed by atoms with Crippen LogP contribution < -0.4 is 21.3 Å². The van der Waals surface area contributed by atoms with Gasteiger partial charge >= 0.3 is 5.97 Å². The van der Waals surface area contributed by atoms with Crippen molar-refractivity contribution in [2.24, 2.45) is 5.92 Å². The van der Waals surface area contributed by atoms with Crippen LogP contribution >= 0.6 is 0 Å². The number of ether oxygens (including phenoxy) is 3. The van der Waals surface area contributed by atoms with Crippen LogP contribution in [0.15, 0.2) is 36.1 Å². The van der Waals surface area contributed by atoms with E-state index in [1.165, 1.54) is 0 Å². The van der Waals surface area contributed by atoms with Crippen LogP contribution in [0.4, 0.5) is 0 Å². The first-order chi connectivity index (χ1) is 18.4. The Morgan fingerprint density at radius 1 is 1.31 bits per heavy atom. The van der Waals surface area contributed by atoms with E-state index < -0.39 is 5.60 Å². The molecule has 0 saturated carbocycles. The number of nitrogens with zero attached hydrogens (tertiary/aromatic N) is 1. The molecule has 1 saturated heterocycles. The Kier molecular flexibility index (Phi) is 12.4. The molecule has 2 rings (SSSR count). The fraction of sp³-hybridized carbons (Fsp3) is 0.516. The Morgan fingerprint density at radius 2 is 2.03 bits per heavy atom. The zero-order valence-electron chi connectivity index (χ0n) is 24.5. The number of hydrogen-bond donors (Lipinski definition) is 2. The van der Waals surface area contributed by atoms with Gasteiger partial charge in [-0.25, -0.2) is 10.2 Å². The number of nitrogens with one attached hydrogen (secondary N) is 2. The van der Waals surface area contributed by atoms with Crippen molar-refractivity contribution in [3.05, 3.63) is 64.5 Å². The zero-order valence-corrected chi connectivity index (χ0v) is 24.5. The minimum atomic E-state index is -0.729. The van der Waals surface area contributed by atoms with Gasteiger partial charge in [0.05, 0.1) is 19.8 Å². The van der Waals surface area contributed by atoms with Crippen molar-refractivity contribution in [2.75, 3.05) is 26.4 Å². The van der Waals surface area contributed by atoms with Crippen LogP contribution in [0.25, 0.3) is 12.8 Å². The maximum Gasteiger partial charge on any atom is 0.328 e. The quantitative estimate of drug-likeness (QED) is 0.171. The number of amides is 1. The Labute approximate surface area is 233 Å². The molecule has 1 amide bonds. The zero-order chi connectivity index (χ0) is 29.2. The van der Waals surface area contributed by atoms with Crippen LogP contribution in [-0.4, -0.2) is 55.0 Å². The molecule has 39 heavy (non-hydrogen) atoms. The number of esters is 1. The normalized spacial score (nSPS) is 18.7. The van der Waals surface area contributed by atoms with E-state index in [1.807, 2.05) is 40.0 Å².